The van der Waals surface area contributed by atoms with Crippen LogP contribution in [0.2, 0.25) is 0 Å². The Morgan fingerprint density at radius 2 is 1.79 bits per heavy atom. The van der Waals surface area contributed by atoms with Gasteiger partial charge in [-0.3, -0.25) is 4.98 Å². The molecule has 1 aromatic carbocycles. The fourth-order valence-electron chi connectivity index (χ4n) is 2.90. The fourth-order valence-corrected chi connectivity index (χ4v) is 2.90. The highest BCUT2D eigenvalue weighted by molar-refractivity contribution is 5.85. The first-order valence-corrected chi connectivity index (χ1v) is 7.37. The molecule has 1 atom stereocenters. The van der Waals surface area contributed by atoms with Crippen LogP contribution in [0.3, 0.4) is 0 Å². The van der Waals surface area contributed by atoms with Gasteiger partial charge in [-0.25, -0.2) is 0 Å². The third kappa shape index (κ3) is 2.95. The second kappa shape index (κ2) is 6.67. The molecule has 0 aliphatic carbocycles. The third-order valence-corrected chi connectivity index (χ3v) is 3.98. The Balaban J connectivity index is 2.49. The predicted octanol–water partition coefficient (Wildman–Crippen LogP) is 4.32. The third-order valence-electron chi connectivity index (χ3n) is 3.98. The summed E-state index contributed by atoms with van der Waals surface area (Å²) in [5.41, 5.74) is 1.34. The molecule has 0 aliphatic heterocycles. The van der Waals surface area contributed by atoms with Crippen LogP contribution >= 0.6 is 0 Å². The summed E-state index contributed by atoms with van der Waals surface area (Å²) in [6.07, 6.45) is 6.37. The van der Waals surface area contributed by atoms with E-state index in [9.17, 15) is 0 Å². The van der Waals surface area contributed by atoms with Crippen LogP contribution in [0.4, 0.5) is 0 Å². The SMILES string of the molecule is CCNC(c1cncc2ccccc12)C(CC)CC. The molecule has 0 fully saturated rings. The number of pyridine rings is 1. The molecule has 0 saturated heterocycles. The lowest BCUT2D eigenvalue weighted by atomic mass is 9.87. The Bertz CT molecular complexity index is 512. The number of hydrogen-bond acceptors (Lipinski definition) is 2. The average Bonchev–Trinajstić information content (AvgIpc) is 2.47. The molecule has 2 nitrogen and oxygen atoms in total. The minimum absolute atomic E-state index is 0.401. The lowest BCUT2D eigenvalue weighted by molar-refractivity contribution is 0.348. The van der Waals surface area contributed by atoms with E-state index in [-0.39, 0.29) is 0 Å². The largest absolute Gasteiger partial charge is 0.310 e. The molecule has 1 N–H and O–H groups in total. The normalized spacial score (nSPS) is 13.1. The van der Waals surface area contributed by atoms with Gasteiger partial charge in [-0.1, -0.05) is 57.9 Å². The van der Waals surface area contributed by atoms with Crippen LogP contribution in [-0.4, -0.2) is 11.5 Å². The van der Waals surface area contributed by atoms with Crippen LogP contribution in [0.1, 0.15) is 45.2 Å². The highest BCUT2D eigenvalue weighted by Crippen LogP contribution is 2.31. The molecule has 2 aromatic rings. The number of nitrogens with one attached hydrogen (secondary N) is 1. The van der Waals surface area contributed by atoms with Crippen molar-refractivity contribution >= 4 is 10.8 Å². The van der Waals surface area contributed by atoms with Gasteiger partial charge in [0.1, 0.15) is 0 Å². The molecular formula is C17H24N2. The van der Waals surface area contributed by atoms with E-state index in [0.717, 1.165) is 6.54 Å². The molecule has 0 radical (unpaired) electrons. The van der Waals surface area contributed by atoms with Crippen LogP contribution in [0.5, 0.6) is 0 Å². The summed E-state index contributed by atoms with van der Waals surface area (Å²) < 4.78 is 0. The maximum atomic E-state index is 4.43. The topological polar surface area (TPSA) is 24.9 Å². The molecule has 2 rings (SSSR count). The van der Waals surface area contributed by atoms with E-state index in [2.05, 4.69) is 55.3 Å². The van der Waals surface area contributed by atoms with Crippen molar-refractivity contribution in [2.45, 2.75) is 39.7 Å². The van der Waals surface area contributed by atoms with Gasteiger partial charge in [-0.2, -0.15) is 0 Å². The highest BCUT2D eigenvalue weighted by atomic mass is 14.9. The summed E-state index contributed by atoms with van der Waals surface area (Å²) >= 11 is 0. The van der Waals surface area contributed by atoms with Gasteiger partial charge in [0.05, 0.1) is 0 Å². The van der Waals surface area contributed by atoms with Crippen LogP contribution < -0.4 is 5.32 Å². The smallest absolute Gasteiger partial charge is 0.0369 e. The standard InChI is InChI=1S/C17H24N2/c1-4-13(5-2)17(19-6-3)16-12-18-11-14-9-7-8-10-15(14)16/h7-13,17,19H,4-6H2,1-3H3. The fraction of sp³-hybridized carbons (Fsp3) is 0.471. The zero-order valence-electron chi connectivity index (χ0n) is 12.2. The summed E-state index contributed by atoms with van der Waals surface area (Å²) in [7, 11) is 0. The first-order valence-electron chi connectivity index (χ1n) is 7.37. The monoisotopic (exact) mass is 256 g/mol. The molecule has 0 amide bonds. The van der Waals surface area contributed by atoms with Crippen molar-refractivity contribution in [3.63, 3.8) is 0 Å². The molecule has 1 heterocycles. The van der Waals surface area contributed by atoms with E-state index in [1.165, 1.54) is 29.2 Å². The number of rotatable bonds is 6. The average molecular weight is 256 g/mol. The Labute approximate surface area is 116 Å². The second-order valence-corrected chi connectivity index (χ2v) is 5.06. The Morgan fingerprint density at radius 1 is 1.05 bits per heavy atom. The van der Waals surface area contributed by atoms with Gasteiger partial charge in [0.25, 0.3) is 0 Å². The minimum atomic E-state index is 0.401. The zero-order valence-corrected chi connectivity index (χ0v) is 12.2. The predicted molar refractivity (Wildman–Crippen MR) is 82.2 cm³/mol. The Morgan fingerprint density at radius 3 is 2.47 bits per heavy atom. The van der Waals surface area contributed by atoms with Crippen LogP contribution in [0, 0.1) is 5.92 Å². The Hall–Kier alpha value is -1.41. The van der Waals surface area contributed by atoms with Crippen molar-refractivity contribution in [3.8, 4) is 0 Å². The minimum Gasteiger partial charge on any atom is -0.310 e. The molecule has 102 valence electrons. The van der Waals surface area contributed by atoms with E-state index in [0.29, 0.717) is 12.0 Å². The van der Waals surface area contributed by atoms with Gasteiger partial charge in [0, 0.05) is 23.8 Å². The summed E-state index contributed by atoms with van der Waals surface area (Å²) in [6.45, 7) is 7.71. The van der Waals surface area contributed by atoms with Crippen molar-refractivity contribution in [1.29, 1.82) is 0 Å². The molecule has 19 heavy (non-hydrogen) atoms. The molecule has 2 heteroatoms. The zero-order chi connectivity index (χ0) is 13.7. The molecule has 0 spiro atoms. The maximum absolute atomic E-state index is 4.43. The van der Waals surface area contributed by atoms with Gasteiger partial charge in [0.15, 0.2) is 0 Å². The maximum Gasteiger partial charge on any atom is 0.0369 e. The van der Waals surface area contributed by atoms with Crippen LogP contribution in [0.15, 0.2) is 36.7 Å². The number of hydrogen-bond donors (Lipinski definition) is 1. The number of aromatic nitrogens is 1. The summed E-state index contributed by atoms with van der Waals surface area (Å²) in [4.78, 5) is 4.43. The highest BCUT2D eigenvalue weighted by Gasteiger charge is 2.21. The van der Waals surface area contributed by atoms with E-state index in [1.807, 2.05) is 12.4 Å². The van der Waals surface area contributed by atoms with Gasteiger partial charge in [-0.05, 0) is 23.4 Å². The van der Waals surface area contributed by atoms with Crippen molar-refractivity contribution in [1.82, 2.24) is 10.3 Å². The number of fused-ring (bicyclic) bond motifs is 1. The van der Waals surface area contributed by atoms with Crippen molar-refractivity contribution < 1.29 is 0 Å². The van der Waals surface area contributed by atoms with E-state index in [1.54, 1.807) is 0 Å². The molecule has 0 bridgehead atoms. The van der Waals surface area contributed by atoms with Crippen LogP contribution in [-0.2, 0) is 0 Å². The van der Waals surface area contributed by atoms with E-state index < -0.39 is 0 Å². The number of nitrogens with zero attached hydrogens (tertiary/aromatic N) is 1. The van der Waals surface area contributed by atoms with Gasteiger partial charge in [0.2, 0.25) is 0 Å². The molecule has 0 aliphatic rings. The summed E-state index contributed by atoms with van der Waals surface area (Å²) in [6, 6.07) is 8.94. The van der Waals surface area contributed by atoms with Crippen molar-refractivity contribution in [3.05, 3.63) is 42.2 Å². The molecule has 0 saturated carbocycles. The first kappa shape index (κ1) is 14.0. The van der Waals surface area contributed by atoms with Crippen molar-refractivity contribution in [2.24, 2.45) is 5.92 Å². The lowest BCUT2D eigenvalue weighted by Crippen LogP contribution is -2.28. The Kier molecular flexibility index (Phi) is 4.92. The van der Waals surface area contributed by atoms with Crippen LogP contribution in [0.25, 0.3) is 10.8 Å². The first-order chi connectivity index (χ1) is 9.31. The lowest BCUT2D eigenvalue weighted by Gasteiger charge is -2.27. The molecule has 1 unspecified atom stereocenters. The van der Waals surface area contributed by atoms with Gasteiger partial charge >= 0.3 is 0 Å². The summed E-state index contributed by atoms with van der Waals surface area (Å²) in [5, 5.41) is 6.21. The quantitative estimate of drug-likeness (QED) is 0.832. The number of benzene rings is 1. The molecule has 1 aromatic heterocycles. The van der Waals surface area contributed by atoms with Crippen molar-refractivity contribution in [2.75, 3.05) is 6.54 Å². The van der Waals surface area contributed by atoms with Gasteiger partial charge in [-0.15, -0.1) is 0 Å². The van der Waals surface area contributed by atoms with Gasteiger partial charge < -0.3 is 5.32 Å². The van der Waals surface area contributed by atoms with E-state index in [4.69, 9.17) is 0 Å². The summed E-state index contributed by atoms with van der Waals surface area (Å²) in [5.74, 6) is 0.660. The molecular weight excluding hydrogens is 232 g/mol. The van der Waals surface area contributed by atoms with E-state index >= 15 is 0 Å². The second-order valence-electron chi connectivity index (χ2n) is 5.06.